The monoisotopic (exact) mass is 353 g/mol. The van der Waals surface area contributed by atoms with Gasteiger partial charge in [0, 0.05) is 29.3 Å². The first-order chi connectivity index (χ1) is 12.1. The Morgan fingerprint density at radius 3 is 2.92 bits per heavy atom. The molecule has 25 heavy (non-hydrogen) atoms. The summed E-state index contributed by atoms with van der Waals surface area (Å²) in [4.78, 5) is 19.9. The minimum Gasteiger partial charge on any atom is -0.337 e. The number of nitrogens with zero attached hydrogens (tertiary/aromatic N) is 3. The molecule has 1 aliphatic rings. The molecule has 1 amide bonds. The van der Waals surface area contributed by atoms with E-state index in [1.54, 1.807) is 11.3 Å². The molecule has 1 aromatic carbocycles. The van der Waals surface area contributed by atoms with Crippen molar-refractivity contribution in [3.63, 3.8) is 0 Å². The van der Waals surface area contributed by atoms with Crippen LogP contribution in [0, 0.1) is 13.8 Å². The summed E-state index contributed by atoms with van der Waals surface area (Å²) in [6.07, 6.45) is 0.442. The van der Waals surface area contributed by atoms with Gasteiger partial charge in [-0.05, 0) is 48.6 Å². The summed E-state index contributed by atoms with van der Waals surface area (Å²) in [7, 11) is 0. The topological polar surface area (TPSA) is 59.2 Å². The summed E-state index contributed by atoms with van der Waals surface area (Å²) >= 11 is 1.67. The van der Waals surface area contributed by atoms with Crippen LogP contribution in [0.3, 0.4) is 0 Å². The summed E-state index contributed by atoms with van der Waals surface area (Å²) < 4.78 is 5.45. The lowest BCUT2D eigenvalue weighted by atomic mass is 10.1. The van der Waals surface area contributed by atoms with Crippen LogP contribution in [0.25, 0.3) is 11.5 Å². The molecule has 3 heterocycles. The van der Waals surface area contributed by atoms with Gasteiger partial charge in [0.25, 0.3) is 5.89 Å². The third-order valence-corrected chi connectivity index (χ3v) is 5.56. The van der Waals surface area contributed by atoms with E-state index >= 15 is 0 Å². The highest BCUT2D eigenvalue weighted by Crippen LogP contribution is 2.30. The van der Waals surface area contributed by atoms with Crippen LogP contribution < -0.4 is 0 Å². The number of likely N-dealkylation sites (tertiary alicyclic amines) is 1. The van der Waals surface area contributed by atoms with Crippen LogP contribution in [0.1, 0.15) is 34.2 Å². The van der Waals surface area contributed by atoms with E-state index in [0.717, 1.165) is 5.56 Å². The molecule has 1 saturated heterocycles. The Morgan fingerprint density at radius 1 is 1.28 bits per heavy atom. The molecule has 3 aromatic rings. The maximum atomic E-state index is 12.3. The fourth-order valence-corrected chi connectivity index (χ4v) is 3.80. The predicted molar refractivity (Wildman–Crippen MR) is 96.3 cm³/mol. The lowest BCUT2D eigenvalue weighted by molar-refractivity contribution is -0.128. The Morgan fingerprint density at radius 2 is 2.16 bits per heavy atom. The van der Waals surface area contributed by atoms with Gasteiger partial charge in [-0.15, -0.1) is 11.3 Å². The summed E-state index contributed by atoms with van der Waals surface area (Å²) in [5.41, 5.74) is 3.34. The van der Waals surface area contributed by atoms with Crippen molar-refractivity contribution in [1.82, 2.24) is 15.0 Å². The van der Waals surface area contributed by atoms with E-state index in [0.29, 0.717) is 31.2 Å². The highest BCUT2D eigenvalue weighted by atomic mass is 32.1. The van der Waals surface area contributed by atoms with Crippen molar-refractivity contribution in [3.05, 3.63) is 57.5 Å². The molecule has 1 aliphatic heterocycles. The lowest BCUT2D eigenvalue weighted by Gasteiger charge is -2.14. The van der Waals surface area contributed by atoms with Crippen molar-refractivity contribution in [2.75, 3.05) is 6.54 Å². The number of benzene rings is 1. The first-order valence-corrected chi connectivity index (χ1v) is 9.19. The largest absolute Gasteiger partial charge is 0.337 e. The van der Waals surface area contributed by atoms with E-state index in [2.05, 4.69) is 42.2 Å². The third kappa shape index (κ3) is 3.22. The fourth-order valence-electron chi connectivity index (χ4n) is 3.08. The standard InChI is InChI=1S/C19H19N3O2S/c1-12-5-6-14(8-13(12)2)19-20-18(21-24-19)15-9-17(23)22(10-15)11-16-4-3-7-25-16/h3-8,15H,9-11H2,1-2H3. The lowest BCUT2D eigenvalue weighted by Crippen LogP contribution is -2.23. The Hall–Kier alpha value is -2.47. The zero-order chi connectivity index (χ0) is 17.4. The van der Waals surface area contributed by atoms with Crippen LogP contribution in [-0.2, 0) is 11.3 Å². The number of carbonyl (C=O) groups is 1. The van der Waals surface area contributed by atoms with E-state index < -0.39 is 0 Å². The number of hydrogen-bond donors (Lipinski definition) is 0. The second kappa shape index (κ2) is 6.44. The first-order valence-electron chi connectivity index (χ1n) is 8.31. The molecule has 1 fully saturated rings. The normalized spacial score (nSPS) is 17.4. The SMILES string of the molecule is Cc1ccc(-c2nc(C3CC(=O)N(Cc4cccs4)C3)no2)cc1C. The van der Waals surface area contributed by atoms with Gasteiger partial charge < -0.3 is 9.42 Å². The molecule has 2 aromatic heterocycles. The molecule has 0 radical (unpaired) electrons. The molecule has 5 nitrogen and oxygen atoms in total. The fraction of sp³-hybridized carbons (Fsp3) is 0.316. The van der Waals surface area contributed by atoms with E-state index in [4.69, 9.17) is 4.52 Å². The highest BCUT2D eigenvalue weighted by molar-refractivity contribution is 7.09. The van der Waals surface area contributed by atoms with Crippen molar-refractivity contribution in [2.45, 2.75) is 32.7 Å². The molecule has 1 atom stereocenters. The summed E-state index contributed by atoms with van der Waals surface area (Å²) in [5, 5.41) is 6.16. The van der Waals surface area contributed by atoms with E-state index in [1.807, 2.05) is 22.4 Å². The molecule has 128 valence electrons. The van der Waals surface area contributed by atoms with Gasteiger partial charge in [-0.3, -0.25) is 4.79 Å². The first kappa shape index (κ1) is 16.0. The van der Waals surface area contributed by atoms with Gasteiger partial charge in [0.2, 0.25) is 5.91 Å². The van der Waals surface area contributed by atoms with E-state index in [-0.39, 0.29) is 11.8 Å². The van der Waals surface area contributed by atoms with Crippen molar-refractivity contribution >= 4 is 17.2 Å². The predicted octanol–water partition coefficient (Wildman–Crippen LogP) is 3.93. The molecule has 0 bridgehead atoms. The third-order valence-electron chi connectivity index (χ3n) is 4.70. The smallest absolute Gasteiger partial charge is 0.257 e. The maximum Gasteiger partial charge on any atom is 0.257 e. The average molecular weight is 353 g/mol. The van der Waals surface area contributed by atoms with Crippen LogP contribution in [-0.4, -0.2) is 27.5 Å². The van der Waals surface area contributed by atoms with Crippen LogP contribution in [0.4, 0.5) is 0 Å². The van der Waals surface area contributed by atoms with Crippen LogP contribution in [0.5, 0.6) is 0 Å². The van der Waals surface area contributed by atoms with Gasteiger partial charge in [-0.1, -0.05) is 17.3 Å². The number of aromatic nitrogens is 2. The summed E-state index contributed by atoms with van der Waals surface area (Å²) in [6.45, 7) is 5.44. The second-order valence-corrected chi connectivity index (χ2v) is 7.54. The van der Waals surface area contributed by atoms with Crippen molar-refractivity contribution in [3.8, 4) is 11.5 Å². The number of thiophene rings is 1. The molecule has 1 unspecified atom stereocenters. The molecule has 0 saturated carbocycles. The summed E-state index contributed by atoms with van der Waals surface area (Å²) in [6, 6.07) is 10.2. The molecule has 4 rings (SSSR count). The van der Waals surface area contributed by atoms with Crippen LogP contribution >= 0.6 is 11.3 Å². The average Bonchev–Trinajstić information content (AvgIpc) is 3.32. The number of carbonyl (C=O) groups excluding carboxylic acids is 1. The zero-order valence-corrected chi connectivity index (χ0v) is 15.0. The number of amides is 1. The van der Waals surface area contributed by atoms with Gasteiger partial charge in [0.15, 0.2) is 5.82 Å². The van der Waals surface area contributed by atoms with Crippen molar-refractivity contribution in [1.29, 1.82) is 0 Å². The minimum absolute atomic E-state index is 0.00323. The van der Waals surface area contributed by atoms with Crippen LogP contribution in [0.15, 0.2) is 40.2 Å². The number of hydrogen-bond acceptors (Lipinski definition) is 5. The van der Waals surface area contributed by atoms with Crippen LogP contribution in [0.2, 0.25) is 0 Å². The maximum absolute atomic E-state index is 12.3. The number of aryl methyl sites for hydroxylation is 2. The molecule has 0 N–H and O–H groups in total. The number of rotatable bonds is 4. The van der Waals surface area contributed by atoms with E-state index in [1.165, 1.54) is 16.0 Å². The Balaban J connectivity index is 1.50. The van der Waals surface area contributed by atoms with Crippen molar-refractivity contribution in [2.24, 2.45) is 0 Å². The molecular weight excluding hydrogens is 334 g/mol. The molecule has 0 spiro atoms. The Kier molecular flexibility index (Phi) is 4.13. The van der Waals surface area contributed by atoms with Gasteiger partial charge in [0.1, 0.15) is 0 Å². The quantitative estimate of drug-likeness (QED) is 0.713. The second-order valence-electron chi connectivity index (χ2n) is 6.51. The van der Waals surface area contributed by atoms with Gasteiger partial charge in [-0.25, -0.2) is 0 Å². The van der Waals surface area contributed by atoms with E-state index in [9.17, 15) is 4.79 Å². The van der Waals surface area contributed by atoms with Crippen molar-refractivity contribution < 1.29 is 9.32 Å². The Bertz CT molecular complexity index is 901. The summed E-state index contributed by atoms with van der Waals surface area (Å²) in [5.74, 6) is 1.28. The molecule has 0 aliphatic carbocycles. The zero-order valence-electron chi connectivity index (χ0n) is 14.2. The molecule has 6 heteroatoms. The van der Waals surface area contributed by atoms with Gasteiger partial charge >= 0.3 is 0 Å². The highest BCUT2D eigenvalue weighted by Gasteiger charge is 2.33. The Labute approximate surface area is 150 Å². The van der Waals surface area contributed by atoms with Gasteiger partial charge in [-0.2, -0.15) is 4.98 Å². The minimum atomic E-state index is -0.00323. The van der Waals surface area contributed by atoms with Gasteiger partial charge in [0.05, 0.1) is 6.54 Å². The molecular formula is C19H19N3O2S.